The number of nitriles is 1. The lowest BCUT2D eigenvalue weighted by Crippen LogP contribution is -2.12. The lowest BCUT2D eigenvalue weighted by molar-refractivity contribution is -0.0502. The van der Waals surface area contributed by atoms with Crippen LogP contribution in [0.4, 0.5) is 17.6 Å². The molecule has 0 N–H and O–H groups in total. The molecule has 0 unspecified atom stereocenters. The van der Waals surface area contributed by atoms with Gasteiger partial charge in [0, 0.05) is 0 Å². The number of rotatable bonds is 5. The number of nitrogens with zero attached hydrogens (tertiary/aromatic N) is 1. The van der Waals surface area contributed by atoms with Crippen LogP contribution in [0, 0.1) is 11.3 Å². The molecule has 0 aliphatic carbocycles. The van der Waals surface area contributed by atoms with Crippen LogP contribution in [0.25, 0.3) is 0 Å². The number of hydrogen-bond acceptors (Lipinski definition) is 4. The van der Waals surface area contributed by atoms with Crippen molar-refractivity contribution in [3.05, 3.63) is 28.8 Å². The molecule has 1 aromatic rings. The smallest absolute Gasteiger partial charge is 0.387 e. The van der Waals surface area contributed by atoms with Crippen molar-refractivity contribution in [2.45, 2.75) is 20.0 Å². The second-order valence-electron chi connectivity index (χ2n) is 3.41. The minimum absolute atomic E-state index is 0.0569. The van der Waals surface area contributed by atoms with Gasteiger partial charge in [-0.3, -0.25) is 0 Å². The molecule has 0 saturated carbocycles. The van der Waals surface area contributed by atoms with Gasteiger partial charge in [0.2, 0.25) is 0 Å². The third-order valence-corrected chi connectivity index (χ3v) is 2.25. The molecule has 0 radical (unpaired) electrons. The van der Waals surface area contributed by atoms with Gasteiger partial charge in [-0.1, -0.05) is 0 Å². The average Bonchev–Trinajstić information content (AvgIpc) is 2.37. The first kappa shape index (κ1) is 15.8. The molecule has 20 heavy (non-hydrogen) atoms. The Hall–Kier alpha value is -2.30. The number of carbonyl (C=O) groups excluding carboxylic acids is 1. The van der Waals surface area contributed by atoms with Gasteiger partial charge in [-0.2, -0.15) is 14.0 Å². The Kier molecular flexibility index (Phi) is 5.32. The highest BCUT2D eigenvalue weighted by atomic mass is 19.3. The zero-order valence-corrected chi connectivity index (χ0v) is 10.2. The van der Waals surface area contributed by atoms with E-state index in [1.807, 2.05) is 0 Å². The largest absolute Gasteiger partial charge is 0.462 e. The van der Waals surface area contributed by atoms with Crippen LogP contribution in [0.5, 0.6) is 5.75 Å². The quantitative estimate of drug-likeness (QED) is 0.617. The average molecular weight is 291 g/mol. The molecule has 0 atom stereocenters. The fraction of sp³-hybridized carbons (Fsp3) is 0.333. The fourth-order valence-corrected chi connectivity index (χ4v) is 1.52. The van der Waals surface area contributed by atoms with E-state index in [0.29, 0.717) is 0 Å². The first-order chi connectivity index (χ1) is 9.42. The zero-order chi connectivity index (χ0) is 15.3. The number of carbonyl (C=O) groups is 1. The Morgan fingerprint density at radius 1 is 1.35 bits per heavy atom. The van der Waals surface area contributed by atoms with Gasteiger partial charge in [0.15, 0.2) is 0 Å². The van der Waals surface area contributed by atoms with Gasteiger partial charge >= 0.3 is 12.6 Å². The molecule has 0 saturated heterocycles. The maximum Gasteiger partial charge on any atom is 0.387 e. The first-order valence-electron chi connectivity index (χ1n) is 5.39. The molecule has 4 nitrogen and oxygen atoms in total. The van der Waals surface area contributed by atoms with Gasteiger partial charge in [0.05, 0.1) is 17.7 Å². The summed E-state index contributed by atoms with van der Waals surface area (Å²) >= 11 is 0. The molecule has 1 aromatic carbocycles. The lowest BCUT2D eigenvalue weighted by Gasteiger charge is -2.13. The van der Waals surface area contributed by atoms with Crippen molar-refractivity contribution in [1.82, 2.24) is 0 Å². The lowest BCUT2D eigenvalue weighted by atomic mass is 10.0. The topological polar surface area (TPSA) is 59.3 Å². The molecule has 0 aliphatic heterocycles. The van der Waals surface area contributed by atoms with E-state index in [1.54, 1.807) is 0 Å². The second kappa shape index (κ2) is 6.75. The molecule has 108 valence electrons. The molecular weight excluding hydrogens is 282 g/mol. The van der Waals surface area contributed by atoms with E-state index in [9.17, 15) is 22.4 Å². The minimum atomic E-state index is -3.28. The summed E-state index contributed by atoms with van der Waals surface area (Å²) in [6.45, 7) is -1.86. The Morgan fingerprint density at radius 2 is 2.00 bits per heavy atom. The normalized spacial score (nSPS) is 10.5. The van der Waals surface area contributed by atoms with Gasteiger partial charge in [-0.25, -0.2) is 13.6 Å². The van der Waals surface area contributed by atoms with Crippen molar-refractivity contribution in [2.75, 3.05) is 6.61 Å². The molecule has 0 bridgehead atoms. The maximum atomic E-state index is 13.0. The van der Waals surface area contributed by atoms with Crippen LogP contribution in [-0.2, 0) is 4.74 Å². The Labute approximate surface area is 111 Å². The van der Waals surface area contributed by atoms with Crippen LogP contribution in [0.15, 0.2) is 12.1 Å². The van der Waals surface area contributed by atoms with E-state index in [-0.39, 0.29) is 6.61 Å². The van der Waals surface area contributed by atoms with Crippen molar-refractivity contribution in [1.29, 1.82) is 5.26 Å². The van der Waals surface area contributed by atoms with Gasteiger partial charge in [0.25, 0.3) is 6.43 Å². The number of alkyl halides is 4. The summed E-state index contributed by atoms with van der Waals surface area (Å²) < 4.78 is 58.8. The summed E-state index contributed by atoms with van der Waals surface area (Å²) in [5.74, 6) is -1.78. The summed E-state index contributed by atoms with van der Waals surface area (Å²) in [7, 11) is 0. The molecule has 0 heterocycles. The SMILES string of the molecule is CCOC(=O)c1ccc(OC(F)F)c(C#N)c1C(F)F. The third-order valence-electron chi connectivity index (χ3n) is 2.25. The molecule has 0 aromatic heterocycles. The van der Waals surface area contributed by atoms with E-state index < -0.39 is 41.4 Å². The zero-order valence-electron chi connectivity index (χ0n) is 10.2. The van der Waals surface area contributed by atoms with Crippen molar-refractivity contribution >= 4 is 5.97 Å². The Bertz CT molecular complexity index is 540. The highest BCUT2D eigenvalue weighted by molar-refractivity contribution is 5.92. The van der Waals surface area contributed by atoms with Gasteiger partial charge in [-0.15, -0.1) is 0 Å². The van der Waals surface area contributed by atoms with Crippen LogP contribution < -0.4 is 4.74 Å². The van der Waals surface area contributed by atoms with E-state index in [2.05, 4.69) is 9.47 Å². The summed E-state index contributed by atoms with van der Waals surface area (Å²) in [4.78, 5) is 11.5. The molecule has 0 amide bonds. The summed E-state index contributed by atoms with van der Waals surface area (Å²) in [5.41, 5.74) is -2.35. The van der Waals surface area contributed by atoms with Gasteiger partial charge < -0.3 is 9.47 Å². The predicted octanol–water partition coefficient (Wildman–Crippen LogP) is 3.27. The highest BCUT2D eigenvalue weighted by Crippen LogP contribution is 2.33. The number of hydrogen-bond donors (Lipinski definition) is 0. The summed E-state index contributed by atoms with van der Waals surface area (Å²) in [6, 6.07) is 3.05. The third kappa shape index (κ3) is 3.38. The molecule has 8 heteroatoms. The number of benzene rings is 1. The van der Waals surface area contributed by atoms with E-state index in [1.165, 1.54) is 13.0 Å². The van der Waals surface area contributed by atoms with Crippen molar-refractivity contribution in [3.8, 4) is 11.8 Å². The van der Waals surface area contributed by atoms with E-state index in [0.717, 1.165) is 12.1 Å². The Morgan fingerprint density at radius 3 is 2.45 bits per heavy atom. The molecule has 0 aliphatic rings. The summed E-state index contributed by atoms with van der Waals surface area (Å²) in [6.07, 6.45) is -3.22. The number of ether oxygens (including phenoxy) is 2. The molecule has 0 fully saturated rings. The van der Waals surface area contributed by atoms with Gasteiger partial charge in [-0.05, 0) is 19.1 Å². The predicted molar refractivity (Wildman–Crippen MR) is 58.7 cm³/mol. The highest BCUT2D eigenvalue weighted by Gasteiger charge is 2.27. The first-order valence-corrected chi connectivity index (χ1v) is 5.39. The molecular formula is C12H9F4NO3. The van der Waals surface area contributed by atoms with E-state index >= 15 is 0 Å². The second-order valence-corrected chi connectivity index (χ2v) is 3.41. The van der Waals surface area contributed by atoms with Gasteiger partial charge in [0.1, 0.15) is 17.4 Å². The summed E-state index contributed by atoms with van der Waals surface area (Å²) in [5, 5.41) is 8.84. The molecule has 0 spiro atoms. The van der Waals surface area contributed by atoms with Crippen LogP contribution in [0.1, 0.15) is 34.8 Å². The number of esters is 1. The fourth-order valence-electron chi connectivity index (χ4n) is 1.52. The van der Waals surface area contributed by atoms with Crippen molar-refractivity contribution < 1.29 is 31.8 Å². The van der Waals surface area contributed by atoms with Crippen LogP contribution in [0.2, 0.25) is 0 Å². The maximum absolute atomic E-state index is 13.0. The van der Waals surface area contributed by atoms with E-state index in [4.69, 9.17) is 5.26 Å². The Balaban J connectivity index is 3.43. The van der Waals surface area contributed by atoms with Crippen LogP contribution in [-0.4, -0.2) is 19.2 Å². The molecule has 1 rings (SSSR count). The van der Waals surface area contributed by atoms with Crippen molar-refractivity contribution in [2.24, 2.45) is 0 Å². The van der Waals surface area contributed by atoms with Crippen LogP contribution in [0.3, 0.4) is 0 Å². The van der Waals surface area contributed by atoms with Crippen molar-refractivity contribution in [3.63, 3.8) is 0 Å². The van der Waals surface area contributed by atoms with Crippen LogP contribution >= 0.6 is 0 Å². The standard InChI is InChI=1S/C12H9F4NO3/c1-2-19-11(18)6-3-4-8(20-12(15)16)7(5-17)9(6)10(13)14/h3-4,10,12H,2H2,1H3. The number of halogens is 4. The monoisotopic (exact) mass is 291 g/mol. The minimum Gasteiger partial charge on any atom is -0.462 e.